The number of carboxylic acids is 1. The van der Waals surface area contributed by atoms with Crippen LogP contribution in [0.5, 0.6) is 0 Å². The molecule has 0 spiro atoms. The lowest BCUT2D eigenvalue weighted by Crippen LogP contribution is -2.58. The Bertz CT molecular complexity index is 1800. The van der Waals surface area contributed by atoms with Crippen LogP contribution in [-0.4, -0.2) is 94.5 Å². The summed E-state index contributed by atoms with van der Waals surface area (Å²) in [5.41, 5.74) is -0.581. The van der Waals surface area contributed by atoms with Crippen LogP contribution >= 0.6 is 0 Å². The molecule has 4 N–H and O–H groups in total. The lowest BCUT2D eigenvalue weighted by molar-refractivity contribution is -0.142. The first-order valence-corrected chi connectivity index (χ1v) is 20.4. The van der Waals surface area contributed by atoms with Gasteiger partial charge in [0.1, 0.15) is 29.5 Å². The molecule has 294 valence electrons. The zero-order valence-electron chi connectivity index (χ0n) is 30.1. The average molecular weight is 774 g/mol. The molecule has 6 rings (SSSR count). The second-order valence-electron chi connectivity index (χ2n) is 15.1. The van der Waals surface area contributed by atoms with E-state index in [9.17, 15) is 41.6 Å². The van der Waals surface area contributed by atoms with Gasteiger partial charge >= 0.3 is 12.1 Å². The molecule has 1 aromatic carbocycles. The molecule has 3 fully saturated rings. The van der Waals surface area contributed by atoms with Crippen LogP contribution < -0.4 is 15.4 Å². The van der Waals surface area contributed by atoms with Gasteiger partial charge in [0.2, 0.25) is 27.7 Å². The fourth-order valence-electron chi connectivity index (χ4n) is 7.59. The molecule has 2 saturated carbocycles. The summed E-state index contributed by atoms with van der Waals surface area (Å²) in [7, 11) is -3.95. The number of amides is 5. The standard InChI is InChI=1S/C37H48FN5O10S/c38-28-12-8-10-23-20-42(22-27(23)28)36(50)53-25-18-30-33(47)40-37(35(49)41-54(51,52)26-16-17-26)19-24(37)11-6-4-2-1-3-5-7-13-29(34(48)43(30)21-25)39-31(44)14-9-15-32(45)46/h6,8,10-12,24-26,29-30H,1-5,7,9,13-22H2,(H,39,44)(H,40,47)(H,41,49)(H,45,46)/b11-6-/t24-,25-,29+,30+,37-/m1/s1. The van der Waals surface area contributed by atoms with Crippen molar-refractivity contribution in [2.45, 2.75) is 132 Å². The first-order valence-electron chi connectivity index (χ1n) is 18.9. The lowest BCUT2D eigenvalue weighted by Gasteiger charge is -2.30. The van der Waals surface area contributed by atoms with Gasteiger partial charge in [-0.05, 0) is 56.6 Å². The zero-order valence-corrected chi connectivity index (χ0v) is 30.9. The van der Waals surface area contributed by atoms with E-state index in [1.54, 1.807) is 12.1 Å². The molecule has 1 aromatic rings. The third-order valence-electron chi connectivity index (χ3n) is 10.9. The number of hydrogen-bond donors (Lipinski definition) is 4. The highest BCUT2D eigenvalue weighted by atomic mass is 32.2. The summed E-state index contributed by atoms with van der Waals surface area (Å²) < 4.78 is 48.0. The van der Waals surface area contributed by atoms with Crippen molar-refractivity contribution < 1.29 is 51.4 Å². The molecule has 0 unspecified atom stereocenters. The number of halogens is 1. The Hall–Kier alpha value is -4.54. The van der Waals surface area contributed by atoms with Gasteiger partial charge < -0.3 is 25.4 Å². The number of carbonyl (C=O) groups is 6. The van der Waals surface area contributed by atoms with Gasteiger partial charge in [0.05, 0.1) is 18.3 Å². The van der Waals surface area contributed by atoms with Gasteiger partial charge in [-0.2, -0.15) is 0 Å². The minimum Gasteiger partial charge on any atom is -0.481 e. The number of aliphatic carboxylic acids is 1. The molecule has 5 amide bonds. The maximum Gasteiger partial charge on any atom is 0.410 e. The zero-order chi connectivity index (χ0) is 38.6. The topological polar surface area (TPSA) is 209 Å². The fraction of sp³-hybridized carbons (Fsp3) is 0.622. The first kappa shape index (κ1) is 39.2. The van der Waals surface area contributed by atoms with E-state index in [1.807, 2.05) is 12.2 Å². The molecule has 2 aliphatic carbocycles. The number of benzene rings is 1. The first-order chi connectivity index (χ1) is 25.8. The van der Waals surface area contributed by atoms with Crippen LogP contribution in [0.25, 0.3) is 0 Å². The van der Waals surface area contributed by atoms with E-state index in [4.69, 9.17) is 9.84 Å². The second-order valence-corrected chi connectivity index (χ2v) is 17.0. The van der Waals surface area contributed by atoms with Gasteiger partial charge in [0.15, 0.2) is 0 Å². The molecule has 3 heterocycles. The molecule has 17 heteroatoms. The van der Waals surface area contributed by atoms with Crippen LogP contribution in [0.2, 0.25) is 0 Å². The monoisotopic (exact) mass is 773 g/mol. The summed E-state index contributed by atoms with van der Waals surface area (Å²) in [6.07, 6.45) is 7.48. The third-order valence-corrected chi connectivity index (χ3v) is 12.7. The van der Waals surface area contributed by atoms with E-state index in [1.165, 1.54) is 15.9 Å². The van der Waals surface area contributed by atoms with Crippen molar-refractivity contribution in [1.29, 1.82) is 0 Å². The predicted octanol–water partition coefficient (Wildman–Crippen LogP) is 2.77. The van der Waals surface area contributed by atoms with Crippen molar-refractivity contribution in [3.63, 3.8) is 0 Å². The van der Waals surface area contributed by atoms with Gasteiger partial charge in [-0.25, -0.2) is 17.6 Å². The second kappa shape index (κ2) is 16.4. The molecule has 15 nitrogen and oxygen atoms in total. The Balaban J connectivity index is 1.24. The maximum absolute atomic E-state index is 14.4. The Labute approximate surface area is 313 Å². The highest BCUT2D eigenvalue weighted by Crippen LogP contribution is 2.46. The molecule has 3 aliphatic heterocycles. The summed E-state index contributed by atoms with van der Waals surface area (Å²) in [4.78, 5) is 82.2. The van der Waals surface area contributed by atoms with Crippen LogP contribution in [0.15, 0.2) is 30.4 Å². The Morgan fingerprint density at radius 1 is 1.02 bits per heavy atom. The van der Waals surface area contributed by atoms with E-state index < -0.39 is 86.4 Å². The van der Waals surface area contributed by atoms with Crippen molar-refractivity contribution in [3.8, 4) is 0 Å². The number of hydrogen-bond acceptors (Lipinski definition) is 9. The normalized spacial score (nSPS) is 28.1. The van der Waals surface area contributed by atoms with E-state index in [0.717, 1.165) is 25.7 Å². The smallest absolute Gasteiger partial charge is 0.410 e. The van der Waals surface area contributed by atoms with Crippen molar-refractivity contribution in [2.75, 3.05) is 6.54 Å². The van der Waals surface area contributed by atoms with E-state index >= 15 is 0 Å². The van der Waals surface area contributed by atoms with Crippen molar-refractivity contribution in [2.24, 2.45) is 5.92 Å². The van der Waals surface area contributed by atoms with E-state index in [2.05, 4.69) is 15.4 Å². The highest BCUT2D eigenvalue weighted by Gasteiger charge is 2.62. The summed E-state index contributed by atoms with van der Waals surface area (Å²) in [6.45, 7) is -0.133. The number of ether oxygens (including phenoxy) is 1. The molecule has 54 heavy (non-hydrogen) atoms. The maximum atomic E-state index is 14.4. The minimum atomic E-state index is -3.95. The average Bonchev–Trinajstić information content (AvgIpc) is 4.00. The number of allylic oxidation sites excluding steroid dienone is 1. The highest BCUT2D eigenvalue weighted by molar-refractivity contribution is 7.91. The van der Waals surface area contributed by atoms with Gasteiger partial charge in [0, 0.05) is 37.3 Å². The quantitative estimate of drug-likeness (QED) is 0.270. The summed E-state index contributed by atoms with van der Waals surface area (Å²) in [5.74, 6) is -4.74. The minimum absolute atomic E-state index is 0.0214. The molecular weight excluding hydrogens is 725 g/mol. The van der Waals surface area contributed by atoms with Gasteiger partial charge in [-0.1, -0.05) is 50.0 Å². The molecule has 0 bridgehead atoms. The number of sulfonamides is 1. The summed E-state index contributed by atoms with van der Waals surface area (Å²) in [5, 5.41) is 13.9. The Morgan fingerprint density at radius 3 is 2.52 bits per heavy atom. The Kier molecular flexibility index (Phi) is 11.9. The summed E-state index contributed by atoms with van der Waals surface area (Å²) in [6, 6.07) is 2.23. The van der Waals surface area contributed by atoms with E-state index in [-0.39, 0.29) is 58.2 Å². The molecule has 1 saturated heterocycles. The van der Waals surface area contributed by atoms with Gasteiger partial charge in [0.25, 0.3) is 5.91 Å². The third kappa shape index (κ3) is 9.21. The van der Waals surface area contributed by atoms with Crippen LogP contribution in [0.4, 0.5) is 9.18 Å². The lowest BCUT2D eigenvalue weighted by atomic mass is 10.0. The largest absolute Gasteiger partial charge is 0.481 e. The molecular formula is C37H48FN5O10S. The fourth-order valence-corrected chi connectivity index (χ4v) is 8.96. The molecule has 0 aromatic heterocycles. The molecule has 5 atom stereocenters. The van der Waals surface area contributed by atoms with Crippen LogP contribution in [0, 0.1) is 11.7 Å². The number of rotatable bonds is 9. The van der Waals surface area contributed by atoms with Crippen molar-refractivity contribution in [3.05, 3.63) is 47.3 Å². The van der Waals surface area contributed by atoms with Gasteiger partial charge in [-0.15, -0.1) is 0 Å². The Morgan fingerprint density at radius 2 is 1.78 bits per heavy atom. The van der Waals surface area contributed by atoms with Crippen LogP contribution in [0.1, 0.15) is 101 Å². The number of nitrogens with one attached hydrogen (secondary N) is 3. The van der Waals surface area contributed by atoms with Crippen LogP contribution in [-0.2, 0) is 51.8 Å². The van der Waals surface area contributed by atoms with Crippen LogP contribution in [0.3, 0.4) is 0 Å². The van der Waals surface area contributed by atoms with Crippen molar-refractivity contribution in [1.82, 2.24) is 25.2 Å². The summed E-state index contributed by atoms with van der Waals surface area (Å²) >= 11 is 0. The predicted molar refractivity (Wildman–Crippen MR) is 190 cm³/mol. The van der Waals surface area contributed by atoms with E-state index in [0.29, 0.717) is 36.8 Å². The molecule has 5 aliphatic rings. The number of carbonyl (C=O) groups excluding carboxylic acids is 5. The van der Waals surface area contributed by atoms with Gasteiger partial charge in [-0.3, -0.25) is 33.6 Å². The number of carboxylic acid groups (broad SMARTS) is 1. The number of fused-ring (bicyclic) bond motifs is 3. The number of nitrogens with zero attached hydrogens (tertiary/aromatic N) is 2. The van der Waals surface area contributed by atoms with Crippen molar-refractivity contribution >= 4 is 45.7 Å². The molecule has 0 radical (unpaired) electrons. The SMILES string of the molecule is O=C(O)CCCC(=O)N[C@H]1CCCCCCC/C=C\[C@@H]2C[C@@]2(C(=O)NS(=O)(=O)C2CC2)NC(=O)[C@@H]2C[C@@H](OC(=O)N3Cc4cccc(F)c4C3)CN2C1=O.